The Morgan fingerprint density at radius 1 is 1.33 bits per heavy atom. The number of hydrogen-bond acceptors (Lipinski definition) is 2. The lowest BCUT2D eigenvalue weighted by atomic mass is 10.0. The first-order chi connectivity index (χ1) is 8.74. The summed E-state index contributed by atoms with van der Waals surface area (Å²) in [4.78, 5) is 12.9. The summed E-state index contributed by atoms with van der Waals surface area (Å²) in [5.41, 5.74) is 0.399. The Kier molecular flexibility index (Phi) is 5.13. The molecule has 0 spiro atoms. The number of alkyl halides is 1. The second-order valence-corrected chi connectivity index (χ2v) is 6.66. The molecule has 2 nitrogen and oxygen atoms in total. The van der Waals surface area contributed by atoms with Gasteiger partial charge >= 0.3 is 0 Å². The number of thioether (sulfide) groups is 1. The second kappa shape index (κ2) is 6.62. The third-order valence-electron chi connectivity index (χ3n) is 3.36. The van der Waals surface area contributed by atoms with Crippen LogP contribution in [0.3, 0.4) is 0 Å². The molecule has 1 aliphatic carbocycles. The highest BCUT2D eigenvalue weighted by Crippen LogP contribution is 2.48. The van der Waals surface area contributed by atoms with Gasteiger partial charge in [-0.25, -0.2) is 0 Å². The van der Waals surface area contributed by atoms with Crippen molar-refractivity contribution in [3.05, 3.63) is 30.3 Å². The lowest BCUT2D eigenvalue weighted by molar-refractivity contribution is -0.118. The predicted octanol–water partition coefficient (Wildman–Crippen LogP) is 3.46. The van der Waals surface area contributed by atoms with Crippen LogP contribution in [0.2, 0.25) is 0 Å². The van der Waals surface area contributed by atoms with Crippen LogP contribution in [0.15, 0.2) is 35.2 Å². The normalized spacial score (nSPS) is 16.3. The van der Waals surface area contributed by atoms with E-state index in [-0.39, 0.29) is 5.91 Å². The molecule has 1 saturated carbocycles. The number of benzene rings is 1. The van der Waals surface area contributed by atoms with Crippen LogP contribution in [0.1, 0.15) is 19.3 Å². The molecule has 98 valence electrons. The molecule has 1 aromatic rings. The number of carbonyl (C=O) groups excluding carboxylic acids is 1. The quantitative estimate of drug-likeness (QED) is 0.613. The van der Waals surface area contributed by atoms with Crippen LogP contribution < -0.4 is 5.32 Å². The Morgan fingerprint density at radius 2 is 2.06 bits per heavy atom. The van der Waals surface area contributed by atoms with Crippen LogP contribution in [0.5, 0.6) is 0 Å². The lowest BCUT2D eigenvalue weighted by Crippen LogP contribution is -2.31. The van der Waals surface area contributed by atoms with Crippen molar-refractivity contribution in [1.29, 1.82) is 0 Å². The molecular weight excluding hydrogens is 310 g/mol. The van der Waals surface area contributed by atoms with E-state index >= 15 is 0 Å². The number of nitrogens with one attached hydrogen (secondary N) is 1. The minimum Gasteiger partial charge on any atom is -0.355 e. The summed E-state index contributed by atoms with van der Waals surface area (Å²) in [6.45, 7) is 0.840. The van der Waals surface area contributed by atoms with Crippen molar-refractivity contribution in [2.45, 2.75) is 24.2 Å². The van der Waals surface area contributed by atoms with Gasteiger partial charge in [-0.2, -0.15) is 0 Å². The van der Waals surface area contributed by atoms with Crippen LogP contribution >= 0.6 is 27.7 Å². The van der Waals surface area contributed by atoms with Crippen molar-refractivity contribution >= 4 is 33.6 Å². The number of amides is 1. The minimum absolute atomic E-state index is 0.143. The molecule has 0 unspecified atom stereocenters. The molecule has 0 heterocycles. The molecule has 1 N–H and O–H groups in total. The summed E-state index contributed by atoms with van der Waals surface area (Å²) in [6, 6.07) is 10.0. The Labute approximate surface area is 121 Å². The standard InChI is InChI=1S/C14H18BrNOS/c15-9-8-14(6-7-14)11-16-13(17)10-18-12-4-2-1-3-5-12/h1-5H,6-11H2,(H,16,17). The van der Waals surface area contributed by atoms with Gasteiger partial charge < -0.3 is 5.32 Å². The molecule has 0 atom stereocenters. The van der Waals surface area contributed by atoms with E-state index in [1.807, 2.05) is 30.3 Å². The van der Waals surface area contributed by atoms with Gasteiger partial charge in [-0.15, -0.1) is 11.8 Å². The van der Waals surface area contributed by atoms with Gasteiger partial charge in [-0.3, -0.25) is 4.79 Å². The molecule has 1 aromatic carbocycles. The van der Waals surface area contributed by atoms with Crippen molar-refractivity contribution in [1.82, 2.24) is 5.32 Å². The Hall–Kier alpha value is -0.480. The van der Waals surface area contributed by atoms with Crippen molar-refractivity contribution < 1.29 is 4.79 Å². The highest BCUT2D eigenvalue weighted by Gasteiger charge is 2.41. The number of rotatable bonds is 7. The topological polar surface area (TPSA) is 29.1 Å². The zero-order valence-electron chi connectivity index (χ0n) is 10.3. The third kappa shape index (κ3) is 4.32. The van der Waals surface area contributed by atoms with Crippen LogP contribution in [0.25, 0.3) is 0 Å². The van der Waals surface area contributed by atoms with E-state index in [0.29, 0.717) is 11.2 Å². The summed E-state index contributed by atoms with van der Waals surface area (Å²) < 4.78 is 0. The molecule has 0 saturated heterocycles. The molecular formula is C14H18BrNOS. The maximum atomic E-state index is 11.8. The maximum Gasteiger partial charge on any atom is 0.230 e. The highest BCUT2D eigenvalue weighted by molar-refractivity contribution is 9.09. The Bertz CT molecular complexity index is 392. The van der Waals surface area contributed by atoms with Gasteiger partial charge in [0, 0.05) is 16.8 Å². The van der Waals surface area contributed by atoms with Gasteiger partial charge in [0.2, 0.25) is 5.91 Å². The second-order valence-electron chi connectivity index (χ2n) is 4.82. The summed E-state index contributed by atoms with van der Waals surface area (Å²) >= 11 is 5.07. The smallest absolute Gasteiger partial charge is 0.230 e. The molecule has 0 aliphatic heterocycles. The number of hydrogen-bond donors (Lipinski definition) is 1. The van der Waals surface area contributed by atoms with Crippen LogP contribution in [0.4, 0.5) is 0 Å². The molecule has 1 fully saturated rings. The third-order valence-corrected chi connectivity index (χ3v) is 4.76. The molecule has 4 heteroatoms. The van der Waals surface area contributed by atoms with Crippen molar-refractivity contribution in [3.63, 3.8) is 0 Å². The van der Waals surface area contributed by atoms with Gasteiger partial charge in [0.15, 0.2) is 0 Å². The molecule has 1 aliphatic rings. The fourth-order valence-electron chi connectivity index (χ4n) is 1.90. The van der Waals surface area contributed by atoms with Crippen LogP contribution in [-0.4, -0.2) is 23.5 Å². The summed E-state index contributed by atoms with van der Waals surface area (Å²) in [7, 11) is 0. The largest absolute Gasteiger partial charge is 0.355 e. The Morgan fingerprint density at radius 3 is 2.67 bits per heavy atom. The molecule has 1 amide bonds. The van der Waals surface area contributed by atoms with Gasteiger partial charge in [-0.1, -0.05) is 34.1 Å². The molecule has 18 heavy (non-hydrogen) atoms. The van der Waals surface area contributed by atoms with Gasteiger partial charge in [0.05, 0.1) is 5.75 Å². The van der Waals surface area contributed by atoms with E-state index in [1.165, 1.54) is 19.3 Å². The fraction of sp³-hybridized carbons (Fsp3) is 0.500. The van der Waals surface area contributed by atoms with E-state index in [2.05, 4.69) is 21.2 Å². The van der Waals surface area contributed by atoms with Gasteiger partial charge in [0.25, 0.3) is 0 Å². The first-order valence-electron chi connectivity index (χ1n) is 6.25. The average Bonchev–Trinajstić information content (AvgIpc) is 3.16. The van der Waals surface area contributed by atoms with Crippen molar-refractivity contribution in [2.24, 2.45) is 5.41 Å². The molecule has 2 rings (SSSR count). The summed E-state index contributed by atoms with van der Waals surface area (Å²) in [5.74, 6) is 0.652. The monoisotopic (exact) mass is 327 g/mol. The van der Waals surface area contributed by atoms with Gasteiger partial charge in [-0.05, 0) is 36.8 Å². The minimum atomic E-state index is 0.143. The fourth-order valence-corrected chi connectivity index (χ4v) is 3.49. The lowest BCUT2D eigenvalue weighted by Gasteiger charge is -2.14. The molecule has 0 radical (unpaired) electrons. The predicted molar refractivity (Wildman–Crippen MR) is 80.3 cm³/mol. The molecule has 0 bridgehead atoms. The van der Waals surface area contributed by atoms with E-state index < -0.39 is 0 Å². The first-order valence-corrected chi connectivity index (χ1v) is 8.35. The van der Waals surface area contributed by atoms with Crippen LogP contribution in [0, 0.1) is 5.41 Å². The SMILES string of the molecule is O=C(CSc1ccccc1)NCC1(CCBr)CC1. The zero-order valence-corrected chi connectivity index (χ0v) is 12.7. The van der Waals surface area contributed by atoms with Crippen molar-refractivity contribution in [2.75, 3.05) is 17.6 Å². The summed E-state index contributed by atoms with van der Waals surface area (Å²) in [5, 5.41) is 4.09. The Balaban J connectivity index is 1.67. The summed E-state index contributed by atoms with van der Waals surface area (Å²) in [6.07, 6.45) is 3.68. The molecule has 0 aromatic heterocycles. The van der Waals surface area contributed by atoms with Gasteiger partial charge in [0.1, 0.15) is 0 Å². The zero-order chi connectivity index (χ0) is 12.8. The first kappa shape index (κ1) is 13.9. The van der Waals surface area contributed by atoms with E-state index in [1.54, 1.807) is 11.8 Å². The van der Waals surface area contributed by atoms with E-state index in [9.17, 15) is 4.79 Å². The van der Waals surface area contributed by atoms with Crippen LogP contribution in [-0.2, 0) is 4.79 Å². The van der Waals surface area contributed by atoms with Crippen molar-refractivity contribution in [3.8, 4) is 0 Å². The average molecular weight is 328 g/mol. The highest BCUT2D eigenvalue weighted by atomic mass is 79.9. The number of carbonyl (C=O) groups is 1. The van der Waals surface area contributed by atoms with E-state index in [4.69, 9.17) is 0 Å². The number of halogens is 1. The maximum absolute atomic E-state index is 11.8. The van der Waals surface area contributed by atoms with E-state index in [0.717, 1.165) is 16.8 Å².